The molecule has 1 nitrogen and oxygen atoms in total. The molecule has 2 rings (SSSR count). The van der Waals surface area contributed by atoms with Gasteiger partial charge in [-0.1, -0.05) is 41.9 Å². The van der Waals surface area contributed by atoms with Gasteiger partial charge < -0.3 is 5.73 Å². The van der Waals surface area contributed by atoms with Crippen LogP contribution in [0.1, 0.15) is 5.56 Å². The van der Waals surface area contributed by atoms with Crippen molar-refractivity contribution in [3.63, 3.8) is 0 Å². The molecule has 0 amide bonds. The molecule has 1 unspecified atom stereocenters. The Labute approximate surface area is 117 Å². The molecule has 0 bridgehead atoms. The smallest absolute Gasteiger partial charge is 0.0408 e. The third kappa shape index (κ3) is 4.37. The Morgan fingerprint density at radius 1 is 1.06 bits per heavy atom. The molecule has 94 valence electrons. The van der Waals surface area contributed by atoms with Crippen molar-refractivity contribution in [2.24, 2.45) is 5.73 Å². The third-order valence-corrected chi connectivity index (χ3v) is 4.03. The van der Waals surface area contributed by atoms with Crippen LogP contribution in [0.5, 0.6) is 0 Å². The summed E-state index contributed by atoms with van der Waals surface area (Å²) in [5, 5.41) is 0.774. The standard InChI is InChI=1S/C15H16ClNS/c16-13-6-4-5-12(9-13)10-14(17)11-18-15-7-2-1-3-8-15/h1-9,14H,10-11,17H2. The lowest BCUT2D eigenvalue weighted by Crippen LogP contribution is -2.25. The van der Waals surface area contributed by atoms with Gasteiger partial charge in [0.1, 0.15) is 0 Å². The van der Waals surface area contributed by atoms with Crippen molar-refractivity contribution >= 4 is 23.4 Å². The van der Waals surface area contributed by atoms with Gasteiger partial charge in [0.15, 0.2) is 0 Å². The van der Waals surface area contributed by atoms with E-state index in [1.54, 1.807) is 11.8 Å². The molecule has 0 radical (unpaired) electrons. The molecule has 18 heavy (non-hydrogen) atoms. The van der Waals surface area contributed by atoms with Gasteiger partial charge in [-0.05, 0) is 36.2 Å². The van der Waals surface area contributed by atoms with Crippen LogP contribution in [0.25, 0.3) is 0 Å². The Kier molecular flexibility index (Phi) is 5.12. The number of rotatable bonds is 5. The minimum atomic E-state index is 0.147. The van der Waals surface area contributed by atoms with Gasteiger partial charge in [0.2, 0.25) is 0 Å². The lowest BCUT2D eigenvalue weighted by atomic mass is 10.1. The van der Waals surface area contributed by atoms with E-state index < -0.39 is 0 Å². The van der Waals surface area contributed by atoms with Crippen molar-refractivity contribution in [3.05, 3.63) is 65.2 Å². The molecule has 2 aromatic carbocycles. The minimum Gasteiger partial charge on any atom is -0.327 e. The number of thioether (sulfide) groups is 1. The van der Waals surface area contributed by atoms with Crippen molar-refractivity contribution < 1.29 is 0 Å². The summed E-state index contributed by atoms with van der Waals surface area (Å²) in [6, 6.07) is 18.4. The van der Waals surface area contributed by atoms with E-state index in [2.05, 4.69) is 18.2 Å². The van der Waals surface area contributed by atoms with Crippen LogP contribution in [0.2, 0.25) is 5.02 Å². The van der Waals surface area contributed by atoms with Gasteiger partial charge in [-0.15, -0.1) is 11.8 Å². The lowest BCUT2D eigenvalue weighted by Gasteiger charge is -2.11. The van der Waals surface area contributed by atoms with Gasteiger partial charge in [-0.3, -0.25) is 0 Å². The zero-order valence-corrected chi connectivity index (χ0v) is 11.6. The van der Waals surface area contributed by atoms with Crippen LogP contribution in [-0.2, 0) is 6.42 Å². The Morgan fingerprint density at radius 2 is 1.83 bits per heavy atom. The molecule has 0 fully saturated rings. The fraction of sp³-hybridized carbons (Fsp3) is 0.200. The van der Waals surface area contributed by atoms with Gasteiger partial charge in [0, 0.05) is 21.7 Å². The number of halogens is 1. The first-order chi connectivity index (χ1) is 8.74. The maximum Gasteiger partial charge on any atom is 0.0408 e. The summed E-state index contributed by atoms with van der Waals surface area (Å²) in [6.45, 7) is 0. The molecule has 0 aromatic heterocycles. The Balaban J connectivity index is 1.84. The van der Waals surface area contributed by atoms with Crippen LogP contribution in [0.3, 0.4) is 0 Å². The first-order valence-electron chi connectivity index (χ1n) is 5.92. The van der Waals surface area contributed by atoms with E-state index in [0.717, 1.165) is 17.2 Å². The summed E-state index contributed by atoms with van der Waals surface area (Å²) in [5.74, 6) is 0.913. The average molecular weight is 278 g/mol. The molecule has 0 heterocycles. The molecule has 0 saturated carbocycles. The van der Waals surface area contributed by atoms with E-state index in [-0.39, 0.29) is 6.04 Å². The maximum atomic E-state index is 6.14. The predicted octanol–water partition coefficient (Wildman–Crippen LogP) is 4.00. The Morgan fingerprint density at radius 3 is 2.56 bits per heavy atom. The van der Waals surface area contributed by atoms with Crippen LogP contribution < -0.4 is 5.73 Å². The molecule has 0 spiro atoms. The number of nitrogens with two attached hydrogens (primary N) is 1. The highest BCUT2D eigenvalue weighted by Crippen LogP contribution is 2.19. The predicted molar refractivity (Wildman–Crippen MR) is 80.3 cm³/mol. The first-order valence-corrected chi connectivity index (χ1v) is 7.28. The van der Waals surface area contributed by atoms with E-state index in [1.807, 2.05) is 36.4 Å². The highest BCUT2D eigenvalue weighted by molar-refractivity contribution is 7.99. The Hall–Kier alpha value is -0.960. The average Bonchev–Trinajstić information content (AvgIpc) is 2.38. The van der Waals surface area contributed by atoms with Crippen LogP contribution in [0, 0.1) is 0 Å². The number of hydrogen-bond donors (Lipinski definition) is 1. The van der Waals surface area contributed by atoms with Crippen LogP contribution in [0.15, 0.2) is 59.5 Å². The second kappa shape index (κ2) is 6.83. The zero-order valence-electron chi connectivity index (χ0n) is 10.1. The summed E-state index contributed by atoms with van der Waals surface area (Å²) >= 11 is 7.75. The van der Waals surface area contributed by atoms with Crippen molar-refractivity contribution in [1.29, 1.82) is 0 Å². The van der Waals surface area contributed by atoms with E-state index >= 15 is 0 Å². The molecule has 0 aliphatic heterocycles. The summed E-state index contributed by atoms with van der Waals surface area (Å²) in [6.07, 6.45) is 0.862. The monoisotopic (exact) mass is 277 g/mol. The maximum absolute atomic E-state index is 6.14. The van der Waals surface area contributed by atoms with Gasteiger partial charge in [-0.25, -0.2) is 0 Å². The summed E-state index contributed by atoms with van der Waals surface area (Å²) in [5.41, 5.74) is 7.34. The normalized spacial score (nSPS) is 12.3. The van der Waals surface area contributed by atoms with Gasteiger partial charge >= 0.3 is 0 Å². The SMILES string of the molecule is NC(CSc1ccccc1)Cc1cccc(Cl)c1. The topological polar surface area (TPSA) is 26.0 Å². The molecule has 2 aromatic rings. The molecule has 3 heteroatoms. The van der Waals surface area contributed by atoms with Gasteiger partial charge in [0.05, 0.1) is 0 Å². The quantitative estimate of drug-likeness (QED) is 0.836. The molecule has 2 N–H and O–H groups in total. The van der Waals surface area contributed by atoms with Crippen LogP contribution >= 0.6 is 23.4 Å². The molecule has 0 saturated heterocycles. The van der Waals surface area contributed by atoms with Crippen molar-refractivity contribution in [3.8, 4) is 0 Å². The van der Waals surface area contributed by atoms with Gasteiger partial charge in [-0.2, -0.15) is 0 Å². The third-order valence-electron chi connectivity index (χ3n) is 2.59. The highest BCUT2D eigenvalue weighted by atomic mass is 35.5. The largest absolute Gasteiger partial charge is 0.327 e. The molecular weight excluding hydrogens is 262 g/mol. The van der Waals surface area contributed by atoms with Gasteiger partial charge in [0.25, 0.3) is 0 Å². The molecule has 0 aliphatic carbocycles. The van der Waals surface area contributed by atoms with E-state index in [0.29, 0.717) is 0 Å². The van der Waals surface area contributed by atoms with E-state index in [4.69, 9.17) is 17.3 Å². The van der Waals surface area contributed by atoms with Crippen LogP contribution in [-0.4, -0.2) is 11.8 Å². The molecular formula is C15H16ClNS. The number of benzene rings is 2. The summed E-state index contributed by atoms with van der Waals surface area (Å²) < 4.78 is 0. The highest BCUT2D eigenvalue weighted by Gasteiger charge is 2.05. The first kappa shape index (κ1) is 13.5. The fourth-order valence-corrected chi connectivity index (χ4v) is 2.83. The fourth-order valence-electron chi connectivity index (χ4n) is 1.75. The van der Waals surface area contributed by atoms with Crippen molar-refractivity contribution in [2.75, 3.05) is 5.75 Å². The van der Waals surface area contributed by atoms with E-state index in [1.165, 1.54) is 10.5 Å². The summed E-state index contributed by atoms with van der Waals surface area (Å²) in [4.78, 5) is 1.26. The zero-order chi connectivity index (χ0) is 12.8. The lowest BCUT2D eigenvalue weighted by molar-refractivity contribution is 0.749. The van der Waals surface area contributed by atoms with Crippen molar-refractivity contribution in [1.82, 2.24) is 0 Å². The van der Waals surface area contributed by atoms with E-state index in [9.17, 15) is 0 Å². The number of hydrogen-bond acceptors (Lipinski definition) is 2. The second-order valence-corrected chi connectivity index (χ2v) is 5.75. The minimum absolute atomic E-state index is 0.147. The second-order valence-electron chi connectivity index (χ2n) is 4.22. The molecule has 0 aliphatic rings. The van der Waals surface area contributed by atoms with Crippen molar-refractivity contribution in [2.45, 2.75) is 17.4 Å². The van der Waals surface area contributed by atoms with Crippen LogP contribution in [0.4, 0.5) is 0 Å². The summed E-state index contributed by atoms with van der Waals surface area (Å²) in [7, 11) is 0. The Bertz CT molecular complexity index is 487. The molecule has 1 atom stereocenters.